The van der Waals surface area contributed by atoms with E-state index < -0.39 is 0 Å². The Morgan fingerprint density at radius 1 is 1.06 bits per heavy atom. The van der Waals surface area contributed by atoms with Crippen LogP contribution in [0.4, 0.5) is 0 Å². The number of hydrogen-bond donors (Lipinski definition) is 0. The van der Waals surface area contributed by atoms with Crippen LogP contribution in [0.15, 0.2) is 53.1 Å². The number of rotatable bonds is 1. The molecule has 0 saturated carbocycles. The van der Waals surface area contributed by atoms with E-state index in [9.17, 15) is 0 Å². The van der Waals surface area contributed by atoms with E-state index in [2.05, 4.69) is 4.98 Å². The SMILES string of the molecule is Clc1cnc2cc(-c3ccccc3)oc2c1. The van der Waals surface area contributed by atoms with Crippen molar-refractivity contribution in [1.29, 1.82) is 0 Å². The van der Waals surface area contributed by atoms with Crippen LogP contribution < -0.4 is 0 Å². The molecule has 2 aromatic heterocycles. The monoisotopic (exact) mass is 229 g/mol. The molecule has 0 bridgehead atoms. The Morgan fingerprint density at radius 2 is 1.88 bits per heavy atom. The van der Waals surface area contributed by atoms with Crippen molar-refractivity contribution in [3.8, 4) is 11.3 Å². The van der Waals surface area contributed by atoms with Gasteiger partial charge in [-0.25, -0.2) is 0 Å². The summed E-state index contributed by atoms with van der Waals surface area (Å²) in [7, 11) is 0. The van der Waals surface area contributed by atoms with Crippen LogP contribution in [0.25, 0.3) is 22.4 Å². The predicted molar refractivity (Wildman–Crippen MR) is 64.5 cm³/mol. The Balaban J connectivity index is 2.19. The van der Waals surface area contributed by atoms with Crippen molar-refractivity contribution < 1.29 is 4.42 Å². The van der Waals surface area contributed by atoms with Gasteiger partial charge in [-0.1, -0.05) is 41.9 Å². The van der Waals surface area contributed by atoms with Crippen molar-refractivity contribution in [3.63, 3.8) is 0 Å². The molecule has 0 aliphatic heterocycles. The molecule has 0 radical (unpaired) electrons. The number of furan rings is 1. The molecular formula is C13H8ClNO. The van der Waals surface area contributed by atoms with E-state index in [1.165, 1.54) is 0 Å². The molecule has 2 heterocycles. The third kappa shape index (κ3) is 1.57. The molecule has 0 N–H and O–H groups in total. The molecule has 3 heteroatoms. The van der Waals surface area contributed by atoms with Crippen LogP contribution in [0.2, 0.25) is 5.02 Å². The van der Waals surface area contributed by atoms with E-state index >= 15 is 0 Å². The third-order valence-corrected chi connectivity index (χ3v) is 2.60. The van der Waals surface area contributed by atoms with Crippen LogP contribution in [-0.2, 0) is 0 Å². The molecule has 3 aromatic rings. The highest BCUT2D eigenvalue weighted by atomic mass is 35.5. The van der Waals surface area contributed by atoms with E-state index in [0.29, 0.717) is 10.6 Å². The molecule has 1 aromatic carbocycles. The molecule has 0 aliphatic carbocycles. The Hall–Kier alpha value is -1.80. The molecule has 0 unspecified atom stereocenters. The second kappa shape index (κ2) is 3.65. The summed E-state index contributed by atoms with van der Waals surface area (Å²) in [6.45, 7) is 0. The minimum absolute atomic E-state index is 0.585. The van der Waals surface area contributed by atoms with Crippen molar-refractivity contribution in [2.75, 3.05) is 0 Å². The smallest absolute Gasteiger partial charge is 0.154 e. The molecule has 3 rings (SSSR count). The Labute approximate surface area is 97.5 Å². The van der Waals surface area contributed by atoms with E-state index in [-0.39, 0.29) is 0 Å². The second-order valence-corrected chi connectivity index (χ2v) is 3.95. The molecular weight excluding hydrogens is 222 g/mol. The first kappa shape index (κ1) is 9.43. The molecule has 16 heavy (non-hydrogen) atoms. The first-order chi connectivity index (χ1) is 7.83. The summed E-state index contributed by atoms with van der Waals surface area (Å²) in [4.78, 5) is 4.20. The lowest BCUT2D eigenvalue weighted by Gasteiger charge is -1.93. The fraction of sp³-hybridized carbons (Fsp3) is 0. The van der Waals surface area contributed by atoms with Gasteiger partial charge in [0.05, 0.1) is 5.02 Å². The number of benzene rings is 1. The maximum Gasteiger partial charge on any atom is 0.154 e. The van der Waals surface area contributed by atoms with Crippen LogP contribution in [-0.4, -0.2) is 4.98 Å². The number of pyridine rings is 1. The van der Waals surface area contributed by atoms with Crippen molar-refractivity contribution in [2.24, 2.45) is 0 Å². The highest BCUT2D eigenvalue weighted by Gasteiger charge is 2.06. The van der Waals surface area contributed by atoms with E-state index in [1.807, 2.05) is 36.4 Å². The summed E-state index contributed by atoms with van der Waals surface area (Å²) < 4.78 is 5.69. The second-order valence-electron chi connectivity index (χ2n) is 3.51. The number of nitrogens with zero attached hydrogens (tertiary/aromatic N) is 1. The molecule has 0 saturated heterocycles. The standard InChI is InChI=1S/C13H8ClNO/c14-10-6-13-11(15-8-10)7-12(16-13)9-4-2-1-3-5-9/h1-8H. The molecule has 2 nitrogen and oxygen atoms in total. The van der Waals surface area contributed by atoms with Gasteiger partial charge in [-0.2, -0.15) is 0 Å². The van der Waals surface area contributed by atoms with Gasteiger partial charge in [0, 0.05) is 23.9 Å². The van der Waals surface area contributed by atoms with Crippen LogP contribution in [0, 0.1) is 0 Å². The molecule has 0 spiro atoms. The van der Waals surface area contributed by atoms with E-state index in [1.54, 1.807) is 12.3 Å². The highest BCUT2D eigenvalue weighted by molar-refractivity contribution is 6.31. The van der Waals surface area contributed by atoms with Crippen molar-refractivity contribution in [1.82, 2.24) is 4.98 Å². The van der Waals surface area contributed by atoms with Crippen molar-refractivity contribution >= 4 is 22.7 Å². The number of aromatic nitrogens is 1. The van der Waals surface area contributed by atoms with Gasteiger partial charge in [0.2, 0.25) is 0 Å². The molecule has 0 fully saturated rings. The van der Waals surface area contributed by atoms with Gasteiger partial charge in [0.15, 0.2) is 5.58 Å². The first-order valence-corrected chi connectivity index (χ1v) is 5.31. The average molecular weight is 230 g/mol. The van der Waals surface area contributed by atoms with Gasteiger partial charge < -0.3 is 4.42 Å². The van der Waals surface area contributed by atoms with Gasteiger partial charge in [-0.3, -0.25) is 4.98 Å². The summed E-state index contributed by atoms with van der Waals surface area (Å²) in [5.74, 6) is 0.811. The largest absolute Gasteiger partial charge is 0.454 e. The maximum absolute atomic E-state index is 5.85. The summed E-state index contributed by atoms with van der Waals surface area (Å²) in [5, 5.41) is 0.585. The third-order valence-electron chi connectivity index (χ3n) is 2.39. The highest BCUT2D eigenvalue weighted by Crippen LogP contribution is 2.27. The normalized spacial score (nSPS) is 10.8. The zero-order chi connectivity index (χ0) is 11.0. The summed E-state index contributed by atoms with van der Waals surface area (Å²) in [6, 6.07) is 13.6. The fourth-order valence-electron chi connectivity index (χ4n) is 1.64. The quantitative estimate of drug-likeness (QED) is 0.627. The topological polar surface area (TPSA) is 26.0 Å². The lowest BCUT2D eigenvalue weighted by Crippen LogP contribution is -1.70. The number of hydrogen-bond acceptors (Lipinski definition) is 2. The van der Waals surface area contributed by atoms with Gasteiger partial charge in [-0.05, 0) is 0 Å². The van der Waals surface area contributed by atoms with Gasteiger partial charge in [-0.15, -0.1) is 0 Å². The molecule has 0 amide bonds. The first-order valence-electron chi connectivity index (χ1n) is 4.93. The van der Waals surface area contributed by atoms with Crippen LogP contribution in [0.5, 0.6) is 0 Å². The molecule has 0 atom stereocenters. The van der Waals surface area contributed by atoms with Gasteiger partial charge >= 0.3 is 0 Å². The summed E-state index contributed by atoms with van der Waals surface area (Å²) >= 11 is 5.85. The minimum Gasteiger partial charge on any atom is -0.454 e. The Kier molecular flexibility index (Phi) is 2.15. The Morgan fingerprint density at radius 3 is 2.69 bits per heavy atom. The van der Waals surface area contributed by atoms with Gasteiger partial charge in [0.25, 0.3) is 0 Å². The predicted octanol–water partition coefficient (Wildman–Crippen LogP) is 4.15. The lowest BCUT2D eigenvalue weighted by molar-refractivity contribution is 0.631. The van der Waals surface area contributed by atoms with Crippen molar-refractivity contribution in [2.45, 2.75) is 0 Å². The maximum atomic E-state index is 5.85. The van der Waals surface area contributed by atoms with Crippen molar-refractivity contribution in [3.05, 3.63) is 53.7 Å². The summed E-state index contributed by atoms with van der Waals surface area (Å²) in [6.07, 6.45) is 1.62. The van der Waals surface area contributed by atoms with E-state index in [0.717, 1.165) is 16.8 Å². The zero-order valence-corrected chi connectivity index (χ0v) is 9.11. The Bertz CT molecular complexity index is 631. The molecule has 78 valence electrons. The summed E-state index contributed by atoms with van der Waals surface area (Å²) in [5.41, 5.74) is 2.58. The average Bonchev–Trinajstić information content (AvgIpc) is 2.73. The minimum atomic E-state index is 0.585. The van der Waals surface area contributed by atoms with Gasteiger partial charge in [0.1, 0.15) is 11.3 Å². The van der Waals surface area contributed by atoms with Crippen LogP contribution in [0.3, 0.4) is 0 Å². The number of fused-ring (bicyclic) bond motifs is 1. The zero-order valence-electron chi connectivity index (χ0n) is 8.35. The molecule has 0 aliphatic rings. The lowest BCUT2D eigenvalue weighted by atomic mass is 10.2. The van der Waals surface area contributed by atoms with E-state index in [4.69, 9.17) is 16.0 Å². The number of halogens is 1. The van der Waals surface area contributed by atoms with Crippen LogP contribution >= 0.6 is 11.6 Å². The van der Waals surface area contributed by atoms with Crippen LogP contribution in [0.1, 0.15) is 0 Å². The fourth-order valence-corrected chi connectivity index (χ4v) is 1.79.